The highest BCUT2D eigenvalue weighted by Gasteiger charge is 2.40. The van der Waals surface area contributed by atoms with E-state index in [4.69, 9.17) is 10.5 Å². The molecule has 0 spiro atoms. The van der Waals surface area contributed by atoms with E-state index in [0.29, 0.717) is 13.0 Å². The second kappa shape index (κ2) is 11.5. The van der Waals surface area contributed by atoms with Crippen molar-refractivity contribution in [3.63, 3.8) is 0 Å². The molecule has 1 saturated heterocycles. The van der Waals surface area contributed by atoms with E-state index in [1.54, 1.807) is 7.11 Å². The number of pyridine rings is 1. The van der Waals surface area contributed by atoms with E-state index in [9.17, 15) is 9.90 Å². The first-order chi connectivity index (χ1) is 16.5. The van der Waals surface area contributed by atoms with E-state index >= 15 is 0 Å². The number of likely N-dealkylation sites (tertiary alicyclic amines) is 1. The van der Waals surface area contributed by atoms with Crippen molar-refractivity contribution in [2.45, 2.75) is 77.2 Å². The first kappa shape index (κ1) is 24.9. The van der Waals surface area contributed by atoms with Crippen LogP contribution in [0.25, 0.3) is 10.9 Å². The van der Waals surface area contributed by atoms with Gasteiger partial charge in [0, 0.05) is 18.1 Å². The lowest BCUT2D eigenvalue weighted by molar-refractivity contribution is -0.152. The van der Waals surface area contributed by atoms with Crippen LogP contribution in [0.5, 0.6) is 5.75 Å². The molecule has 2 heterocycles. The second-order valence-corrected chi connectivity index (χ2v) is 10.4. The molecule has 1 aromatic carbocycles. The monoisotopic (exact) mass is 467 g/mol. The van der Waals surface area contributed by atoms with Gasteiger partial charge < -0.3 is 20.5 Å². The normalized spacial score (nSPS) is 19.4. The lowest BCUT2D eigenvalue weighted by Gasteiger charge is -2.39. The largest absolute Gasteiger partial charge is 0.497 e. The highest BCUT2D eigenvalue weighted by molar-refractivity contribution is 5.84. The minimum Gasteiger partial charge on any atom is -0.497 e. The summed E-state index contributed by atoms with van der Waals surface area (Å²) in [5.74, 6) is 1.05. The number of fused-ring (bicyclic) bond motifs is 1. The summed E-state index contributed by atoms with van der Waals surface area (Å²) in [5.41, 5.74) is 8.55. The predicted octanol–water partition coefficient (Wildman–Crippen LogP) is 5.16. The van der Waals surface area contributed by atoms with Crippen LogP contribution in [0.15, 0.2) is 24.4 Å². The number of hydrogen-bond acceptors (Lipinski definition) is 5. The van der Waals surface area contributed by atoms with E-state index < -0.39 is 11.4 Å². The number of nitrogens with two attached hydrogens (primary N) is 1. The summed E-state index contributed by atoms with van der Waals surface area (Å²) in [7, 11) is 1.67. The van der Waals surface area contributed by atoms with Crippen LogP contribution in [-0.2, 0) is 17.8 Å². The summed E-state index contributed by atoms with van der Waals surface area (Å²) in [6, 6.07) is 5.91. The number of hydrogen-bond donors (Lipinski definition) is 2. The lowest BCUT2D eigenvalue weighted by atomic mass is 9.74. The van der Waals surface area contributed by atoms with Crippen LogP contribution in [0, 0.1) is 11.3 Å². The van der Waals surface area contributed by atoms with Gasteiger partial charge in [-0.15, -0.1) is 0 Å². The Kier molecular flexibility index (Phi) is 8.43. The molecule has 2 aliphatic rings. The standard InChI is InChI=1S/C28H41N3O3/c1-34-23-9-10-26-25(18-23)24(22(19-29)20-30-26)8-5-12-28(27(32)33)13-16-31(17-14-28)15-11-21-6-3-2-4-7-21/h9-10,18,20-21H,2-8,11-17,19,29H2,1H3,(H,32,33). The fourth-order valence-electron chi connectivity index (χ4n) is 6.09. The van der Waals surface area contributed by atoms with Gasteiger partial charge in [0.25, 0.3) is 0 Å². The second-order valence-electron chi connectivity index (χ2n) is 10.4. The van der Waals surface area contributed by atoms with Crippen molar-refractivity contribution in [1.82, 2.24) is 9.88 Å². The van der Waals surface area contributed by atoms with Gasteiger partial charge in [-0.05, 0) is 93.4 Å². The zero-order chi connectivity index (χ0) is 24.0. The molecule has 6 heteroatoms. The van der Waals surface area contributed by atoms with Crippen LogP contribution in [0.4, 0.5) is 0 Å². The molecule has 1 aliphatic carbocycles. The molecule has 3 N–H and O–H groups in total. The maximum absolute atomic E-state index is 12.4. The Morgan fingerprint density at radius 1 is 1.24 bits per heavy atom. The smallest absolute Gasteiger partial charge is 0.309 e. The fourth-order valence-corrected chi connectivity index (χ4v) is 6.09. The molecule has 0 amide bonds. The third-order valence-corrected chi connectivity index (χ3v) is 8.42. The van der Waals surface area contributed by atoms with E-state index in [1.165, 1.54) is 44.1 Å². The molecule has 186 valence electrons. The quantitative estimate of drug-likeness (QED) is 0.502. The molecule has 0 radical (unpaired) electrons. The summed E-state index contributed by atoms with van der Waals surface area (Å²) in [5, 5.41) is 11.2. The van der Waals surface area contributed by atoms with Gasteiger partial charge in [0.05, 0.1) is 18.0 Å². The molecule has 2 aromatic rings. The van der Waals surface area contributed by atoms with Crippen LogP contribution in [0.1, 0.15) is 75.3 Å². The topological polar surface area (TPSA) is 88.7 Å². The Hall–Kier alpha value is -2.18. The number of carboxylic acids is 1. The number of rotatable bonds is 10. The van der Waals surface area contributed by atoms with Gasteiger partial charge in [-0.2, -0.15) is 0 Å². The number of carbonyl (C=O) groups is 1. The van der Waals surface area contributed by atoms with Crippen LogP contribution < -0.4 is 10.5 Å². The summed E-state index contributed by atoms with van der Waals surface area (Å²) in [4.78, 5) is 19.4. The molecular formula is C28H41N3O3. The minimum absolute atomic E-state index is 0.426. The first-order valence-electron chi connectivity index (χ1n) is 13.1. The van der Waals surface area contributed by atoms with Crippen molar-refractivity contribution in [2.24, 2.45) is 17.1 Å². The number of benzene rings is 1. The van der Waals surface area contributed by atoms with Crippen molar-refractivity contribution < 1.29 is 14.6 Å². The average Bonchev–Trinajstić information content (AvgIpc) is 2.88. The maximum Gasteiger partial charge on any atom is 0.309 e. The van der Waals surface area contributed by atoms with Gasteiger partial charge in [0.1, 0.15) is 5.75 Å². The maximum atomic E-state index is 12.4. The Bertz CT molecular complexity index is 958. The van der Waals surface area contributed by atoms with Crippen molar-refractivity contribution in [2.75, 3.05) is 26.7 Å². The Labute approximate surface area is 203 Å². The molecule has 0 bridgehead atoms. The van der Waals surface area contributed by atoms with E-state index in [1.807, 2.05) is 24.4 Å². The molecule has 34 heavy (non-hydrogen) atoms. The molecule has 6 nitrogen and oxygen atoms in total. The van der Waals surface area contributed by atoms with Gasteiger partial charge in [0.2, 0.25) is 0 Å². The summed E-state index contributed by atoms with van der Waals surface area (Å²) >= 11 is 0. The summed E-state index contributed by atoms with van der Waals surface area (Å²) in [6.07, 6.45) is 13.9. The number of aryl methyl sites for hydroxylation is 1. The molecule has 1 aliphatic heterocycles. The molecule has 4 rings (SSSR count). The number of aromatic nitrogens is 1. The SMILES string of the molecule is COc1ccc2ncc(CN)c(CCCC3(C(=O)O)CCN(CCC4CCCCC4)CC3)c2c1. The van der Waals surface area contributed by atoms with Crippen molar-refractivity contribution in [3.05, 3.63) is 35.5 Å². The van der Waals surface area contributed by atoms with Crippen LogP contribution in [-0.4, -0.2) is 47.7 Å². The molecule has 0 atom stereocenters. The third-order valence-electron chi connectivity index (χ3n) is 8.42. The summed E-state index contributed by atoms with van der Waals surface area (Å²) < 4.78 is 5.43. The van der Waals surface area contributed by atoms with Crippen molar-refractivity contribution >= 4 is 16.9 Å². The van der Waals surface area contributed by atoms with Gasteiger partial charge >= 0.3 is 5.97 Å². The zero-order valence-corrected chi connectivity index (χ0v) is 20.7. The van der Waals surface area contributed by atoms with E-state index in [2.05, 4.69) is 9.88 Å². The number of aliphatic carboxylic acids is 1. The number of carboxylic acid groups (broad SMARTS) is 1. The minimum atomic E-state index is -0.625. The first-order valence-corrected chi connectivity index (χ1v) is 13.1. The zero-order valence-electron chi connectivity index (χ0n) is 20.7. The van der Waals surface area contributed by atoms with E-state index in [-0.39, 0.29) is 0 Å². The van der Waals surface area contributed by atoms with E-state index in [0.717, 1.165) is 73.5 Å². The molecule has 0 unspecified atom stereocenters. The molecule has 1 aromatic heterocycles. The van der Waals surface area contributed by atoms with Crippen molar-refractivity contribution in [1.29, 1.82) is 0 Å². The summed E-state index contributed by atoms with van der Waals surface area (Å²) in [6.45, 7) is 3.37. The lowest BCUT2D eigenvalue weighted by Crippen LogP contribution is -2.45. The predicted molar refractivity (Wildman–Crippen MR) is 136 cm³/mol. The van der Waals surface area contributed by atoms with Gasteiger partial charge in [0.15, 0.2) is 0 Å². The average molecular weight is 468 g/mol. The number of ether oxygens (including phenoxy) is 1. The number of piperidine rings is 1. The Morgan fingerprint density at radius 3 is 2.68 bits per heavy atom. The Balaban J connectivity index is 1.37. The fraction of sp³-hybridized carbons (Fsp3) is 0.643. The molecular weight excluding hydrogens is 426 g/mol. The third kappa shape index (κ3) is 5.72. The molecule has 1 saturated carbocycles. The molecule has 2 fully saturated rings. The van der Waals surface area contributed by atoms with Gasteiger partial charge in [-0.25, -0.2) is 0 Å². The van der Waals surface area contributed by atoms with Gasteiger partial charge in [-0.1, -0.05) is 32.1 Å². The highest BCUT2D eigenvalue weighted by Crippen LogP contribution is 2.38. The van der Waals surface area contributed by atoms with Gasteiger partial charge in [-0.3, -0.25) is 9.78 Å². The van der Waals surface area contributed by atoms with Crippen LogP contribution in [0.3, 0.4) is 0 Å². The number of methoxy groups -OCH3 is 1. The number of nitrogens with zero attached hydrogens (tertiary/aromatic N) is 2. The van der Waals surface area contributed by atoms with Crippen LogP contribution >= 0.6 is 0 Å². The Morgan fingerprint density at radius 2 is 2.00 bits per heavy atom. The van der Waals surface area contributed by atoms with Crippen molar-refractivity contribution in [3.8, 4) is 5.75 Å². The highest BCUT2D eigenvalue weighted by atomic mass is 16.5. The van der Waals surface area contributed by atoms with Crippen LogP contribution in [0.2, 0.25) is 0 Å².